The zero-order valence-electron chi connectivity index (χ0n) is 17.9. The summed E-state index contributed by atoms with van der Waals surface area (Å²) in [5.74, 6) is 0.359. The Kier molecular flexibility index (Phi) is 8.71. The number of carbonyl (C=O) groups is 2. The van der Waals surface area contributed by atoms with Crippen LogP contribution >= 0.6 is 0 Å². The lowest BCUT2D eigenvalue weighted by Crippen LogP contribution is -2.50. The Balaban J connectivity index is 2.19. The van der Waals surface area contributed by atoms with Crippen LogP contribution in [0.1, 0.15) is 43.4 Å². The molecule has 156 valence electrons. The fourth-order valence-corrected chi connectivity index (χ4v) is 3.12. The molecule has 5 heteroatoms. The number of ether oxygens (including phenoxy) is 1. The van der Waals surface area contributed by atoms with Crippen molar-refractivity contribution in [1.29, 1.82) is 0 Å². The summed E-state index contributed by atoms with van der Waals surface area (Å²) in [6, 6.07) is 15.1. The summed E-state index contributed by atoms with van der Waals surface area (Å²) >= 11 is 0. The fourth-order valence-electron chi connectivity index (χ4n) is 3.12. The van der Waals surface area contributed by atoms with E-state index in [-0.39, 0.29) is 18.4 Å². The predicted octanol–water partition coefficient (Wildman–Crippen LogP) is 4.02. The van der Waals surface area contributed by atoms with Crippen molar-refractivity contribution >= 4 is 11.8 Å². The first-order chi connectivity index (χ1) is 14.0. The lowest BCUT2D eigenvalue weighted by atomic mass is 10.1. The van der Waals surface area contributed by atoms with Crippen molar-refractivity contribution in [2.75, 3.05) is 13.2 Å². The van der Waals surface area contributed by atoms with E-state index in [1.54, 1.807) is 4.90 Å². The molecule has 0 radical (unpaired) electrons. The minimum absolute atomic E-state index is 0.103. The van der Waals surface area contributed by atoms with Crippen LogP contribution in [-0.4, -0.2) is 35.9 Å². The van der Waals surface area contributed by atoms with Crippen molar-refractivity contribution in [3.05, 3.63) is 65.2 Å². The molecule has 0 aromatic heterocycles. The molecule has 0 heterocycles. The van der Waals surface area contributed by atoms with E-state index in [1.165, 1.54) is 0 Å². The molecular formula is C24H32N2O3. The first-order valence-corrected chi connectivity index (χ1v) is 10.3. The number of hydrogen-bond acceptors (Lipinski definition) is 3. The van der Waals surface area contributed by atoms with Gasteiger partial charge in [-0.2, -0.15) is 0 Å². The number of nitrogens with zero attached hydrogens (tertiary/aromatic N) is 1. The van der Waals surface area contributed by atoms with Crippen LogP contribution in [-0.2, 0) is 16.1 Å². The highest BCUT2D eigenvalue weighted by Crippen LogP contribution is 2.18. The molecule has 0 bridgehead atoms. The number of hydrogen-bond donors (Lipinski definition) is 1. The van der Waals surface area contributed by atoms with Gasteiger partial charge >= 0.3 is 0 Å². The molecule has 2 aromatic carbocycles. The second kappa shape index (κ2) is 11.2. The van der Waals surface area contributed by atoms with Crippen molar-refractivity contribution in [2.24, 2.45) is 0 Å². The summed E-state index contributed by atoms with van der Waals surface area (Å²) in [5, 5.41) is 2.92. The predicted molar refractivity (Wildman–Crippen MR) is 116 cm³/mol. The van der Waals surface area contributed by atoms with E-state index in [0.29, 0.717) is 25.3 Å². The summed E-state index contributed by atoms with van der Waals surface area (Å²) < 4.78 is 5.77. The number of carbonyl (C=O) groups excluding carboxylic acids is 2. The maximum Gasteiger partial charge on any atom is 0.261 e. The molecule has 1 N–H and O–H groups in total. The van der Waals surface area contributed by atoms with E-state index in [1.807, 2.05) is 76.2 Å². The largest absolute Gasteiger partial charge is 0.484 e. The van der Waals surface area contributed by atoms with Crippen LogP contribution < -0.4 is 10.1 Å². The number of aryl methyl sites for hydroxylation is 2. The molecule has 1 unspecified atom stereocenters. The third-order valence-corrected chi connectivity index (χ3v) is 4.85. The number of amides is 2. The van der Waals surface area contributed by atoms with Gasteiger partial charge in [-0.15, -0.1) is 0 Å². The van der Waals surface area contributed by atoms with Gasteiger partial charge in [-0.3, -0.25) is 9.59 Å². The molecule has 2 aromatic rings. The van der Waals surface area contributed by atoms with Gasteiger partial charge in [0.1, 0.15) is 11.8 Å². The summed E-state index contributed by atoms with van der Waals surface area (Å²) in [5.41, 5.74) is 3.11. The van der Waals surface area contributed by atoms with Crippen LogP contribution in [0.3, 0.4) is 0 Å². The molecule has 5 nitrogen and oxygen atoms in total. The molecule has 0 aliphatic carbocycles. The van der Waals surface area contributed by atoms with E-state index in [0.717, 1.165) is 23.1 Å². The van der Waals surface area contributed by atoms with Gasteiger partial charge in [0.2, 0.25) is 5.91 Å². The molecule has 0 aliphatic rings. The maximum absolute atomic E-state index is 13.1. The lowest BCUT2D eigenvalue weighted by Gasteiger charge is -2.30. The molecule has 2 rings (SSSR count). The van der Waals surface area contributed by atoms with Gasteiger partial charge in [-0.05, 0) is 43.9 Å². The third-order valence-electron chi connectivity index (χ3n) is 4.85. The van der Waals surface area contributed by atoms with Crippen LogP contribution in [0.5, 0.6) is 5.75 Å². The van der Waals surface area contributed by atoms with Crippen molar-refractivity contribution in [3.63, 3.8) is 0 Å². The number of nitrogens with one attached hydrogen (secondary N) is 1. The number of para-hydroxylation sites is 1. The Morgan fingerprint density at radius 3 is 2.34 bits per heavy atom. The highest BCUT2D eigenvalue weighted by atomic mass is 16.5. The Morgan fingerprint density at radius 2 is 1.72 bits per heavy atom. The van der Waals surface area contributed by atoms with E-state index in [2.05, 4.69) is 5.32 Å². The highest BCUT2D eigenvalue weighted by Gasteiger charge is 2.28. The zero-order chi connectivity index (χ0) is 21.2. The highest BCUT2D eigenvalue weighted by molar-refractivity contribution is 5.88. The van der Waals surface area contributed by atoms with Crippen molar-refractivity contribution in [3.8, 4) is 5.75 Å². The number of rotatable bonds is 10. The van der Waals surface area contributed by atoms with Gasteiger partial charge in [-0.25, -0.2) is 0 Å². The van der Waals surface area contributed by atoms with Crippen LogP contribution in [0.25, 0.3) is 0 Å². The molecule has 29 heavy (non-hydrogen) atoms. The standard InChI is InChI=1S/C24H32N2O3/c1-5-15-25-24(28)21(6-2)26(16-20-13-11-18(3)12-14-20)23(27)17-29-22-10-8-7-9-19(22)4/h7-14,21H,5-6,15-17H2,1-4H3,(H,25,28). The second-order valence-corrected chi connectivity index (χ2v) is 7.28. The molecule has 0 saturated carbocycles. The molecule has 1 atom stereocenters. The second-order valence-electron chi connectivity index (χ2n) is 7.28. The topological polar surface area (TPSA) is 58.6 Å². The van der Waals surface area contributed by atoms with E-state index in [9.17, 15) is 9.59 Å². The maximum atomic E-state index is 13.1. The minimum atomic E-state index is -0.532. The smallest absolute Gasteiger partial charge is 0.261 e. The molecule has 2 amide bonds. The molecule has 0 aliphatic heterocycles. The van der Waals surface area contributed by atoms with Crippen molar-refractivity contribution in [1.82, 2.24) is 10.2 Å². The number of benzene rings is 2. The van der Waals surface area contributed by atoms with Gasteiger partial charge in [0, 0.05) is 13.1 Å². The van der Waals surface area contributed by atoms with Gasteiger partial charge in [-0.1, -0.05) is 61.9 Å². The fraction of sp³-hybridized carbons (Fsp3) is 0.417. The van der Waals surface area contributed by atoms with E-state index in [4.69, 9.17) is 4.74 Å². The third kappa shape index (κ3) is 6.63. The molecule has 0 spiro atoms. The van der Waals surface area contributed by atoms with Gasteiger partial charge in [0.15, 0.2) is 6.61 Å². The molecular weight excluding hydrogens is 364 g/mol. The Bertz CT molecular complexity index is 802. The lowest BCUT2D eigenvalue weighted by molar-refractivity contribution is -0.143. The Hall–Kier alpha value is -2.82. The van der Waals surface area contributed by atoms with Crippen LogP contribution in [0.15, 0.2) is 48.5 Å². The van der Waals surface area contributed by atoms with E-state index >= 15 is 0 Å². The normalized spacial score (nSPS) is 11.6. The summed E-state index contributed by atoms with van der Waals surface area (Å²) in [7, 11) is 0. The zero-order valence-corrected chi connectivity index (χ0v) is 17.9. The first kappa shape index (κ1) is 22.5. The summed E-state index contributed by atoms with van der Waals surface area (Å²) in [6.45, 7) is 8.76. The molecule has 0 saturated heterocycles. The van der Waals surface area contributed by atoms with Gasteiger partial charge in [0.05, 0.1) is 0 Å². The molecule has 0 fully saturated rings. The van der Waals surface area contributed by atoms with E-state index < -0.39 is 6.04 Å². The monoisotopic (exact) mass is 396 g/mol. The van der Waals surface area contributed by atoms with Gasteiger partial charge in [0.25, 0.3) is 5.91 Å². The van der Waals surface area contributed by atoms with Crippen LogP contribution in [0, 0.1) is 13.8 Å². The van der Waals surface area contributed by atoms with Crippen LogP contribution in [0.2, 0.25) is 0 Å². The minimum Gasteiger partial charge on any atom is -0.484 e. The average Bonchev–Trinajstić information content (AvgIpc) is 2.72. The Morgan fingerprint density at radius 1 is 1.03 bits per heavy atom. The van der Waals surface area contributed by atoms with Crippen molar-refractivity contribution < 1.29 is 14.3 Å². The first-order valence-electron chi connectivity index (χ1n) is 10.3. The SMILES string of the molecule is CCCNC(=O)C(CC)N(Cc1ccc(C)cc1)C(=O)COc1ccccc1C. The quantitative estimate of drug-likeness (QED) is 0.660. The average molecular weight is 397 g/mol. The summed E-state index contributed by atoms with van der Waals surface area (Å²) in [6.07, 6.45) is 1.39. The Labute approximate surface area is 174 Å². The van der Waals surface area contributed by atoms with Gasteiger partial charge < -0.3 is 15.0 Å². The van der Waals surface area contributed by atoms with Crippen molar-refractivity contribution in [2.45, 2.75) is 53.1 Å². The summed E-state index contributed by atoms with van der Waals surface area (Å²) in [4.78, 5) is 27.4. The van der Waals surface area contributed by atoms with Crippen LogP contribution in [0.4, 0.5) is 0 Å².